The molecule has 2 aliphatic rings. The lowest BCUT2D eigenvalue weighted by atomic mass is 10.0. The predicted molar refractivity (Wildman–Crippen MR) is 82.5 cm³/mol. The lowest BCUT2D eigenvalue weighted by molar-refractivity contribution is 0.238. The van der Waals surface area contributed by atoms with Gasteiger partial charge in [-0.2, -0.15) is 0 Å². The van der Waals surface area contributed by atoms with Gasteiger partial charge < -0.3 is 4.98 Å². The number of aromatic nitrogens is 4. The number of H-pyrrole nitrogens is 1. The second-order valence-electron chi connectivity index (χ2n) is 5.88. The van der Waals surface area contributed by atoms with Gasteiger partial charge in [-0.15, -0.1) is 5.10 Å². The van der Waals surface area contributed by atoms with Crippen molar-refractivity contribution in [1.29, 1.82) is 0 Å². The van der Waals surface area contributed by atoms with Gasteiger partial charge in [0, 0.05) is 23.8 Å². The Morgan fingerprint density at radius 3 is 3.00 bits per heavy atom. The fraction of sp³-hybridized carbons (Fsp3) is 0.643. The average molecular weight is 324 g/mol. The van der Waals surface area contributed by atoms with E-state index in [2.05, 4.69) is 19.5 Å². The Bertz CT molecular complexity index is 614. The van der Waals surface area contributed by atoms with Gasteiger partial charge in [0.05, 0.1) is 11.7 Å². The minimum absolute atomic E-state index is 0.369. The van der Waals surface area contributed by atoms with Crippen molar-refractivity contribution in [1.82, 2.24) is 24.5 Å². The number of aromatic amines is 1. The highest BCUT2D eigenvalue weighted by Gasteiger charge is 2.30. The molecule has 0 radical (unpaired) electrons. The Hall–Kier alpha value is -0.980. The van der Waals surface area contributed by atoms with Crippen LogP contribution >= 0.6 is 23.1 Å². The van der Waals surface area contributed by atoms with Gasteiger partial charge in [0.2, 0.25) is 0 Å². The summed E-state index contributed by atoms with van der Waals surface area (Å²) in [6, 6.07) is 0.369. The number of hydrogen-bond acceptors (Lipinski definition) is 5. The van der Waals surface area contributed by atoms with Crippen molar-refractivity contribution < 1.29 is 0 Å². The minimum Gasteiger partial charge on any atom is -0.344 e. The fourth-order valence-corrected chi connectivity index (χ4v) is 4.05. The third-order valence-electron chi connectivity index (χ3n) is 4.51. The van der Waals surface area contributed by atoms with Crippen LogP contribution in [-0.4, -0.2) is 31.0 Å². The van der Waals surface area contributed by atoms with Crippen molar-refractivity contribution in [2.45, 2.75) is 51.1 Å². The first kappa shape index (κ1) is 13.7. The van der Waals surface area contributed by atoms with E-state index in [1.807, 2.05) is 0 Å². The molecule has 2 aromatic heterocycles. The Morgan fingerprint density at radius 2 is 2.19 bits per heavy atom. The molecule has 1 aliphatic carbocycles. The van der Waals surface area contributed by atoms with E-state index >= 15 is 0 Å². The lowest BCUT2D eigenvalue weighted by Crippen LogP contribution is -2.24. The summed E-state index contributed by atoms with van der Waals surface area (Å²) in [5.74, 6) is 1.14. The number of imidazole rings is 1. The molecule has 1 fully saturated rings. The first-order valence-corrected chi connectivity index (χ1v) is 8.75. The van der Waals surface area contributed by atoms with Gasteiger partial charge in [-0.1, -0.05) is 16.1 Å². The van der Waals surface area contributed by atoms with E-state index in [1.54, 1.807) is 0 Å². The van der Waals surface area contributed by atoms with Gasteiger partial charge >= 0.3 is 0 Å². The molecule has 21 heavy (non-hydrogen) atoms. The maximum Gasteiger partial charge on any atom is 0.138 e. The molecular formula is C14H18ClN5S. The number of rotatable bonds is 3. The summed E-state index contributed by atoms with van der Waals surface area (Å²) in [4.78, 5) is 10.9. The summed E-state index contributed by atoms with van der Waals surface area (Å²) in [7, 11) is 0. The zero-order valence-corrected chi connectivity index (χ0v) is 13.4. The summed E-state index contributed by atoms with van der Waals surface area (Å²) < 4.78 is 4.63. The van der Waals surface area contributed by atoms with Crippen LogP contribution in [-0.2, 0) is 19.4 Å². The highest BCUT2D eigenvalue weighted by atomic mass is 35.5. The van der Waals surface area contributed by atoms with Gasteiger partial charge in [-0.3, -0.25) is 4.90 Å². The van der Waals surface area contributed by atoms with Crippen LogP contribution < -0.4 is 0 Å². The molecule has 1 aliphatic heterocycles. The number of fused-ring (bicyclic) bond motifs is 1. The number of nitrogens with zero attached hydrogens (tertiary/aromatic N) is 4. The monoisotopic (exact) mass is 323 g/mol. The van der Waals surface area contributed by atoms with Gasteiger partial charge in [0.1, 0.15) is 15.9 Å². The second-order valence-corrected chi connectivity index (χ2v) is 7.23. The summed E-state index contributed by atoms with van der Waals surface area (Å²) in [5, 5.41) is 4.14. The Morgan fingerprint density at radius 1 is 1.29 bits per heavy atom. The third-order valence-corrected chi connectivity index (χ3v) is 5.50. The average Bonchev–Trinajstić information content (AvgIpc) is 3.19. The number of aryl methyl sites for hydroxylation is 2. The van der Waals surface area contributed by atoms with Crippen LogP contribution in [0.4, 0.5) is 0 Å². The first-order chi connectivity index (χ1) is 10.3. The normalized spacial score (nSPS) is 22.6. The number of halogens is 1. The van der Waals surface area contributed by atoms with E-state index in [9.17, 15) is 0 Å². The highest BCUT2D eigenvalue weighted by Crippen LogP contribution is 2.34. The van der Waals surface area contributed by atoms with E-state index in [4.69, 9.17) is 16.6 Å². The zero-order valence-electron chi connectivity index (χ0n) is 11.8. The molecule has 1 saturated heterocycles. The molecule has 1 atom stereocenters. The molecule has 2 aromatic rings. The summed E-state index contributed by atoms with van der Waals surface area (Å²) in [6.07, 6.45) is 7.18. The van der Waals surface area contributed by atoms with E-state index < -0.39 is 0 Å². The Kier molecular flexibility index (Phi) is 3.69. The number of nitrogens with one attached hydrogen (secondary N) is 1. The van der Waals surface area contributed by atoms with E-state index in [1.165, 1.54) is 42.2 Å². The topological polar surface area (TPSA) is 57.7 Å². The van der Waals surface area contributed by atoms with Gasteiger partial charge in [-0.05, 0) is 45.1 Å². The Labute approximate surface area is 132 Å². The summed E-state index contributed by atoms with van der Waals surface area (Å²) >= 11 is 7.40. The van der Waals surface area contributed by atoms with Crippen molar-refractivity contribution in [2.75, 3.05) is 6.54 Å². The molecule has 0 amide bonds. The third kappa shape index (κ3) is 2.60. The predicted octanol–water partition coefficient (Wildman–Crippen LogP) is 3.13. The quantitative estimate of drug-likeness (QED) is 0.942. The van der Waals surface area contributed by atoms with Crippen LogP contribution in [0.3, 0.4) is 0 Å². The van der Waals surface area contributed by atoms with Crippen LogP contribution in [0.25, 0.3) is 0 Å². The van der Waals surface area contributed by atoms with Crippen molar-refractivity contribution in [3.8, 4) is 0 Å². The van der Waals surface area contributed by atoms with Crippen molar-refractivity contribution in [2.24, 2.45) is 0 Å². The SMILES string of the molecule is Clc1snnc1CN1CCC[C@H]1c1nc2c([nH]1)CCCC2. The molecule has 0 unspecified atom stereocenters. The molecule has 0 bridgehead atoms. The van der Waals surface area contributed by atoms with Crippen LogP contribution in [0.1, 0.15) is 54.6 Å². The molecule has 0 spiro atoms. The van der Waals surface area contributed by atoms with Gasteiger partial charge in [-0.25, -0.2) is 4.98 Å². The van der Waals surface area contributed by atoms with Gasteiger partial charge in [0.25, 0.3) is 0 Å². The molecule has 0 saturated carbocycles. The summed E-state index contributed by atoms with van der Waals surface area (Å²) in [5.41, 5.74) is 3.54. The molecule has 112 valence electrons. The van der Waals surface area contributed by atoms with Crippen LogP contribution in [0, 0.1) is 0 Å². The largest absolute Gasteiger partial charge is 0.344 e. The van der Waals surface area contributed by atoms with Gasteiger partial charge in [0.15, 0.2) is 0 Å². The van der Waals surface area contributed by atoms with Crippen LogP contribution in [0.15, 0.2) is 0 Å². The minimum atomic E-state index is 0.369. The first-order valence-electron chi connectivity index (χ1n) is 7.59. The van der Waals surface area contributed by atoms with E-state index in [0.29, 0.717) is 10.4 Å². The smallest absolute Gasteiger partial charge is 0.138 e. The second kappa shape index (κ2) is 5.66. The molecular weight excluding hydrogens is 306 g/mol. The highest BCUT2D eigenvalue weighted by molar-refractivity contribution is 7.10. The van der Waals surface area contributed by atoms with E-state index in [-0.39, 0.29) is 0 Å². The molecule has 5 nitrogen and oxygen atoms in total. The van der Waals surface area contributed by atoms with E-state index in [0.717, 1.165) is 43.9 Å². The van der Waals surface area contributed by atoms with Crippen molar-refractivity contribution >= 4 is 23.1 Å². The van der Waals surface area contributed by atoms with Crippen molar-refractivity contribution in [3.05, 3.63) is 27.2 Å². The lowest BCUT2D eigenvalue weighted by Gasteiger charge is -2.21. The Balaban J connectivity index is 1.56. The molecule has 1 N–H and O–H groups in total. The molecule has 3 heterocycles. The molecule has 0 aromatic carbocycles. The molecule has 4 rings (SSSR count). The van der Waals surface area contributed by atoms with Crippen LogP contribution in [0.2, 0.25) is 4.34 Å². The standard InChI is InChI=1S/C14H18ClN5S/c15-13-11(18-19-21-13)8-20-7-3-6-12(20)14-16-9-4-1-2-5-10(9)17-14/h12H,1-8H2,(H,16,17)/t12-/m0/s1. The zero-order chi connectivity index (χ0) is 14.2. The number of hydrogen-bond donors (Lipinski definition) is 1. The molecule has 7 heteroatoms. The summed E-state index contributed by atoms with van der Waals surface area (Å²) in [6.45, 7) is 1.84. The van der Waals surface area contributed by atoms with Crippen molar-refractivity contribution in [3.63, 3.8) is 0 Å². The maximum atomic E-state index is 6.14. The maximum absolute atomic E-state index is 6.14. The van der Waals surface area contributed by atoms with Crippen LogP contribution in [0.5, 0.6) is 0 Å². The fourth-order valence-electron chi connectivity index (χ4n) is 3.44. The number of likely N-dealkylation sites (tertiary alicyclic amines) is 1.